The fraction of sp³-hybridized carbons (Fsp3) is 0.310. The van der Waals surface area contributed by atoms with Gasteiger partial charge in [0.15, 0.2) is 0 Å². The first kappa shape index (κ1) is 27.9. The lowest BCUT2D eigenvalue weighted by Gasteiger charge is -2.31. The maximum atomic E-state index is 13.7. The van der Waals surface area contributed by atoms with E-state index in [9.17, 15) is 9.59 Å². The third kappa shape index (κ3) is 6.42. The van der Waals surface area contributed by atoms with Crippen molar-refractivity contribution in [3.8, 4) is 0 Å². The van der Waals surface area contributed by atoms with Crippen LogP contribution in [0.3, 0.4) is 0 Å². The second-order valence-corrected chi connectivity index (χ2v) is 11.5. The van der Waals surface area contributed by atoms with Crippen molar-refractivity contribution in [2.75, 3.05) is 50.0 Å². The second kappa shape index (κ2) is 12.3. The van der Waals surface area contributed by atoms with Gasteiger partial charge in [-0.25, -0.2) is 0 Å². The van der Waals surface area contributed by atoms with E-state index < -0.39 is 5.54 Å². The number of hydrogen-bond acceptors (Lipinski definition) is 5. The molecule has 3 aromatic carbocycles. The molecule has 0 spiro atoms. The van der Waals surface area contributed by atoms with E-state index >= 15 is 0 Å². The molecule has 3 aromatic rings. The highest BCUT2D eigenvalue weighted by atomic mass is 79.9. The van der Waals surface area contributed by atoms with Crippen LogP contribution in [0.5, 0.6) is 0 Å². The maximum absolute atomic E-state index is 13.7. The number of hydrogen-bond donors (Lipinski definition) is 3. The molecule has 3 N–H and O–H groups in total. The summed E-state index contributed by atoms with van der Waals surface area (Å²) in [6.45, 7) is 4.77. The molecular formula is C29H29BrCl2N4O3. The van der Waals surface area contributed by atoms with E-state index in [1.165, 1.54) is 0 Å². The topological polar surface area (TPSA) is 82.7 Å². The standard InChI is InChI=1S/C29H29BrCl2N4O3/c30-20-5-7-23(27(37)33-9-2-10-36-11-13-39-14-12-36)25(16-20)35-29(18-19-3-1-4-21(31)15-19)24-8-6-22(32)17-26(24)34-28(29)38/h1,3-8,15-17,35H,2,9-14,18H2,(H,33,37)(H,34,38). The molecule has 0 saturated carbocycles. The zero-order valence-electron chi connectivity index (χ0n) is 21.2. The number of nitrogens with one attached hydrogen (secondary N) is 3. The van der Waals surface area contributed by atoms with E-state index in [1.807, 2.05) is 36.4 Å². The molecule has 7 nitrogen and oxygen atoms in total. The molecule has 1 fully saturated rings. The van der Waals surface area contributed by atoms with Gasteiger partial charge in [0, 0.05) is 57.5 Å². The van der Waals surface area contributed by atoms with Crippen LogP contribution in [0.4, 0.5) is 11.4 Å². The third-order valence-electron chi connectivity index (χ3n) is 7.05. The van der Waals surface area contributed by atoms with Gasteiger partial charge in [-0.1, -0.05) is 57.3 Å². The largest absolute Gasteiger partial charge is 0.379 e. The first-order valence-corrected chi connectivity index (χ1v) is 14.4. The number of halogens is 3. The number of benzene rings is 3. The predicted molar refractivity (Wildman–Crippen MR) is 159 cm³/mol. The van der Waals surface area contributed by atoms with Crippen LogP contribution in [0.15, 0.2) is 65.1 Å². The molecule has 0 aromatic heterocycles. The summed E-state index contributed by atoms with van der Waals surface area (Å²) in [5, 5.41) is 10.6. The van der Waals surface area contributed by atoms with Gasteiger partial charge in [0.25, 0.3) is 11.8 Å². The number of carbonyl (C=O) groups is 2. The van der Waals surface area contributed by atoms with Gasteiger partial charge in [0.2, 0.25) is 0 Å². The molecule has 2 amide bonds. The summed E-state index contributed by atoms with van der Waals surface area (Å²) in [6, 6.07) is 18.2. The smallest absolute Gasteiger partial charge is 0.255 e. The number of anilines is 2. The molecule has 39 heavy (non-hydrogen) atoms. The van der Waals surface area contributed by atoms with Gasteiger partial charge in [0.05, 0.1) is 18.8 Å². The van der Waals surface area contributed by atoms with E-state index in [-0.39, 0.29) is 11.8 Å². The number of amides is 2. The minimum Gasteiger partial charge on any atom is -0.379 e. The van der Waals surface area contributed by atoms with Gasteiger partial charge in [-0.15, -0.1) is 0 Å². The second-order valence-electron chi connectivity index (χ2n) is 9.73. The van der Waals surface area contributed by atoms with Crippen molar-refractivity contribution in [3.05, 3.63) is 91.9 Å². The van der Waals surface area contributed by atoms with Crippen LogP contribution in [-0.2, 0) is 21.5 Å². The minimum atomic E-state index is -1.20. The highest BCUT2D eigenvalue weighted by Crippen LogP contribution is 2.43. The number of nitrogens with zero attached hydrogens (tertiary/aromatic N) is 1. The van der Waals surface area contributed by atoms with E-state index in [4.69, 9.17) is 27.9 Å². The Kier molecular flexibility index (Phi) is 8.79. The lowest BCUT2D eigenvalue weighted by Crippen LogP contribution is -2.45. The Bertz CT molecular complexity index is 1380. The van der Waals surface area contributed by atoms with Crippen LogP contribution in [0, 0.1) is 0 Å². The van der Waals surface area contributed by atoms with Gasteiger partial charge < -0.3 is 20.7 Å². The Balaban J connectivity index is 1.42. The van der Waals surface area contributed by atoms with E-state index in [2.05, 4.69) is 36.8 Å². The quantitative estimate of drug-likeness (QED) is 0.264. The maximum Gasteiger partial charge on any atom is 0.255 e. The Labute approximate surface area is 246 Å². The molecule has 2 aliphatic rings. The van der Waals surface area contributed by atoms with E-state index in [0.29, 0.717) is 39.9 Å². The van der Waals surface area contributed by atoms with E-state index in [1.54, 1.807) is 24.3 Å². The van der Waals surface area contributed by atoms with Gasteiger partial charge >= 0.3 is 0 Å². The minimum absolute atomic E-state index is 0.209. The van der Waals surface area contributed by atoms with Crippen LogP contribution in [0.2, 0.25) is 10.0 Å². The summed E-state index contributed by atoms with van der Waals surface area (Å²) in [7, 11) is 0. The summed E-state index contributed by atoms with van der Waals surface area (Å²) in [4.78, 5) is 29.4. The van der Waals surface area contributed by atoms with Gasteiger partial charge in [-0.05, 0) is 61.0 Å². The number of carbonyl (C=O) groups excluding carboxylic acids is 2. The van der Waals surface area contributed by atoms with Crippen molar-refractivity contribution in [1.29, 1.82) is 0 Å². The summed E-state index contributed by atoms with van der Waals surface area (Å²) < 4.78 is 6.18. The SMILES string of the molecule is O=C(NCCCN1CCOCC1)c1ccc(Br)cc1NC1(Cc2cccc(Cl)c2)C(=O)Nc2cc(Cl)ccc21. The Morgan fingerprint density at radius 1 is 1.05 bits per heavy atom. The Hall–Kier alpha value is -2.62. The summed E-state index contributed by atoms with van der Waals surface area (Å²) in [6.07, 6.45) is 1.14. The summed E-state index contributed by atoms with van der Waals surface area (Å²) in [5.74, 6) is -0.448. The van der Waals surface area contributed by atoms with Crippen LogP contribution in [0.1, 0.15) is 27.9 Å². The van der Waals surface area contributed by atoms with Crippen molar-refractivity contribution in [1.82, 2.24) is 10.2 Å². The Morgan fingerprint density at radius 2 is 1.85 bits per heavy atom. The van der Waals surface area contributed by atoms with Crippen LogP contribution in [-0.4, -0.2) is 56.1 Å². The fourth-order valence-corrected chi connectivity index (χ4v) is 5.86. The molecule has 2 heterocycles. The lowest BCUT2D eigenvalue weighted by molar-refractivity contribution is -0.119. The number of ether oxygens (including phenoxy) is 1. The first-order chi connectivity index (χ1) is 18.8. The van der Waals surface area contributed by atoms with Crippen molar-refractivity contribution in [2.45, 2.75) is 18.4 Å². The molecule has 1 unspecified atom stereocenters. The van der Waals surface area contributed by atoms with Crippen molar-refractivity contribution < 1.29 is 14.3 Å². The van der Waals surface area contributed by atoms with Crippen molar-refractivity contribution in [3.63, 3.8) is 0 Å². The van der Waals surface area contributed by atoms with Gasteiger partial charge in [-0.2, -0.15) is 0 Å². The number of morpholine rings is 1. The monoisotopic (exact) mass is 630 g/mol. The first-order valence-electron chi connectivity index (χ1n) is 12.9. The van der Waals surface area contributed by atoms with E-state index in [0.717, 1.165) is 54.9 Å². The molecule has 0 bridgehead atoms. The molecule has 0 radical (unpaired) electrons. The van der Waals surface area contributed by atoms with Gasteiger partial charge in [-0.3, -0.25) is 14.5 Å². The van der Waals surface area contributed by atoms with Crippen molar-refractivity contribution in [2.24, 2.45) is 0 Å². The van der Waals surface area contributed by atoms with Gasteiger partial charge in [0.1, 0.15) is 5.54 Å². The third-order valence-corrected chi connectivity index (χ3v) is 8.01. The molecule has 0 aliphatic carbocycles. The molecule has 1 saturated heterocycles. The van der Waals surface area contributed by atoms with Crippen LogP contribution in [0.25, 0.3) is 0 Å². The fourth-order valence-electron chi connectivity index (χ4n) is 5.11. The molecule has 204 valence electrons. The molecule has 5 rings (SSSR count). The molecule has 2 aliphatic heterocycles. The highest BCUT2D eigenvalue weighted by molar-refractivity contribution is 9.10. The number of rotatable bonds is 9. The van der Waals surface area contributed by atoms with Crippen LogP contribution < -0.4 is 16.0 Å². The average molecular weight is 632 g/mol. The normalized spacial score (nSPS) is 18.9. The Morgan fingerprint density at radius 3 is 2.64 bits per heavy atom. The highest BCUT2D eigenvalue weighted by Gasteiger charge is 2.47. The zero-order valence-corrected chi connectivity index (χ0v) is 24.3. The number of fused-ring (bicyclic) bond motifs is 1. The molecule has 1 atom stereocenters. The average Bonchev–Trinajstić information content (AvgIpc) is 3.16. The molecular weight excluding hydrogens is 603 g/mol. The summed E-state index contributed by atoms with van der Waals surface area (Å²) >= 11 is 16.1. The lowest BCUT2D eigenvalue weighted by atomic mass is 9.84. The predicted octanol–water partition coefficient (Wildman–Crippen LogP) is 5.71. The van der Waals surface area contributed by atoms with Crippen molar-refractivity contribution >= 4 is 62.3 Å². The molecule has 10 heteroatoms. The van der Waals surface area contributed by atoms with Crippen LogP contribution >= 0.6 is 39.1 Å². The zero-order chi connectivity index (χ0) is 27.4. The summed E-state index contributed by atoms with van der Waals surface area (Å²) in [5.41, 5.74) is 2.04.